The van der Waals surface area contributed by atoms with E-state index >= 15 is 0 Å². The molecular weight excluding hydrogens is 294 g/mol. The summed E-state index contributed by atoms with van der Waals surface area (Å²) in [6.45, 7) is 7.20. The number of aromatic amines is 1. The average Bonchev–Trinajstić information content (AvgIpc) is 3.11. The van der Waals surface area contributed by atoms with Crippen LogP contribution in [-0.2, 0) is 4.74 Å². The number of esters is 1. The summed E-state index contributed by atoms with van der Waals surface area (Å²) in [6, 6.07) is 6.79. The van der Waals surface area contributed by atoms with Gasteiger partial charge in [0.25, 0.3) is 0 Å². The molecule has 23 heavy (non-hydrogen) atoms. The molecule has 0 saturated heterocycles. The first-order valence-electron chi connectivity index (χ1n) is 7.63. The molecule has 122 valence electrons. The summed E-state index contributed by atoms with van der Waals surface area (Å²) in [4.78, 5) is 20.9. The fourth-order valence-corrected chi connectivity index (χ4v) is 1.97. The van der Waals surface area contributed by atoms with Gasteiger partial charge in [-0.15, -0.1) is 10.2 Å². The number of hydrogen-bond donors (Lipinski definition) is 1. The average molecular weight is 315 g/mol. The van der Waals surface area contributed by atoms with Crippen LogP contribution in [0.4, 0.5) is 11.6 Å². The molecule has 7 nitrogen and oxygen atoms in total. The molecule has 0 amide bonds. The van der Waals surface area contributed by atoms with Gasteiger partial charge >= 0.3 is 5.97 Å². The third-order valence-corrected chi connectivity index (χ3v) is 3.38. The first-order chi connectivity index (χ1) is 11.2. The Labute approximate surface area is 135 Å². The van der Waals surface area contributed by atoms with Crippen molar-refractivity contribution in [3.05, 3.63) is 42.2 Å². The Kier molecular flexibility index (Phi) is 6.43. The lowest BCUT2D eigenvalue weighted by molar-refractivity contribution is 0.0466. The van der Waals surface area contributed by atoms with Crippen LogP contribution in [0.2, 0.25) is 0 Å². The molecule has 0 aliphatic rings. The van der Waals surface area contributed by atoms with E-state index in [1.807, 2.05) is 0 Å². The van der Waals surface area contributed by atoms with Gasteiger partial charge in [0.2, 0.25) is 5.95 Å². The molecule has 0 spiro atoms. The Hall–Kier alpha value is -2.54. The number of imidazole rings is 1. The predicted molar refractivity (Wildman–Crippen MR) is 87.3 cm³/mol. The zero-order chi connectivity index (χ0) is 16.5. The van der Waals surface area contributed by atoms with Crippen molar-refractivity contribution in [3.8, 4) is 0 Å². The monoisotopic (exact) mass is 315 g/mol. The highest BCUT2D eigenvalue weighted by Crippen LogP contribution is 2.16. The molecule has 0 unspecified atom stereocenters. The van der Waals surface area contributed by atoms with E-state index < -0.39 is 0 Å². The van der Waals surface area contributed by atoms with E-state index in [2.05, 4.69) is 38.9 Å². The molecule has 0 radical (unpaired) electrons. The minimum absolute atomic E-state index is 0.327. The molecule has 0 aliphatic heterocycles. The van der Waals surface area contributed by atoms with Crippen molar-refractivity contribution < 1.29 is 9.53 Å². The third kappa shape index (κ3) is 5.30. The number of carbonyl (C=O) groups excluding carboxylic acids is 1. The molecule has 0 fully saturated rings. The number of H-pyrrole nitrogens is 1. The van der Waals surface area contributed by atoms with E-state index in [4.69, 9.17) is 4.74 Å². The lowest BCUT2D eigenvalue weighted by Crippen LogP contribution is -2.27. The van der Waals surface area contributed by atoms with Crippen LogP contribution in [0.15, 0.2) is 46.9 Å². The number of rotatable bonds is 8. The van der Waals surface area contributed by atoms with Gasteiger partial charge in [-0.3, -0.25) is 0 Å². The van der Waals surface area contributed by atoms with Crippen LogP contribution in [0.25, 0.3) is 0 Å². The highest BCUT2D eigenvalue weighted by atomic mass is 16.5. The second kappa shape index (κ2) is 8.79. The summed E-state index contributed by atoms with van der Waals surface area (Å²) in [5.74, 6) is 0.108. The predicted octanol–water partition coefficient (Wildman–Crippen LogP) is 3.32. The van der Waals surface area contributed by atoms with E-state index in [1.54, 1.807) is 36.7 Å². The number of likely N-dealkylation sites (N-methyl/N-ethyl adjacent to an activating group) is 1. The number of ether oxygens (including phenoxy) is 1. The number of hydrogen-bond acceptors (Lipinski definition) is 6. The molecule has 1 aromatic heterocycles. The molecule has 0 atom stereocenters. The summed E-state index contributed by atoms with van der Waals surface area (Å²) in [5, 5.41) is 7.96. The Bertz CT molecular complexity index is 618. The number of azo groups is 1. The summed E-state index contributed by atoms with van der Waals surface area (Å²) in [7, 11) is 0. The van der Waals surface area contributed by atoms with Crippen molar-refractivity contribution in [2.45, 2.75) is 13.8 Å². The van der Waals surface area contributed by atoms with Crippen LogP contribution in [-0.4, -0.2) is 47.1 Å². The highest BCUT2D eigenvalue weighted by Gasteiger charge is 2.08. The first kappa shape index (κ1) is 16.8. The van der Waals surface area contributed by atoms with Crippen molar-refractivity contribution in [2.24, 2.45) is 10.2 Å². The number of benzene rings is 1. The molecule has 2 rings (SSSR count). The van der Waals surface area contributed by atoms with Crippen LogP contribution in [0.3, 0.4) is 0 Å². The fourth-order valence-electron chi connectivity index (χ4n) is 1.97. The molecule has 1 N–H and O–H groups in total. The Morgan fingerprint density at radius 1 is 1.22 bits per heavy atom. The molecule has 0 aliphatic carbocycles. The van der Waals surface area contributed by atoms with Crippen molar-refractivity contribution in [2.75, 3.05) is 26.2 Å². The molecule has 1 aromatic carbocycles. The minimum atomic E-state index is -0.327. The van der Waals surface area contributed by atoms with Gasteiger partial charge in [-0.25, -0.2) is 9.78 Å². The zero-order valence-corrected chi connectivity index (χ0v) is 13.4. The van der Waals surface area contributed by atoms with Crippen molar-refractivity contribution in [1.29, 1.82) is 0 Å². The Morgan fingerprint density at radius 3 is 2.57 bits per heavy atom. The maximum absolute atomic E-state index is 11.9. The van der Waals surface area contributed by atoms with Gasteiger partial charge in [0.15, 0.2) is 0 Å². The molecular formula is C16H21N5O2. The molecule has 0 bridgehead atoms. The first-order valence-corrected chi connectivity index (χ1v) is 7.63. The normalized spacial score (nSPS) is 11.3. The van der Waals surface area contributed by atoms with Crippen LogP contribution >= 0.6 is 0 Å². The van der Waals surface area contributed by atoms with Gasteiger partial charge in [-0.2, -0.15) is 0 Å². The van der Waals surface area contributed by atoms with E-state index in [9.17, 15) is 4.79 Å². The van der Waals surface area contributed by atoms with Crippen molar-refractivity contribution in [1.82, 2.24) is 14.9 Å². The Balaban J connectivity index is 1.85. The number of nitrogens with one attached hydrogen (secondary N) is 1. The quantitative estimate of drug-likeness (QED) is 0.598. The largest absolute Gasteiger partial charge is 0.461 e. The van der Waals surface area contributed by atoms with Crippen molar-refractivity contribution >= 4 is 17.6 Å². The maximum atomic E-state index is 11.9. The number of nitrogens with zero attached hydrogens (tertiary/aromatic N) is 4. The van der Waals surface area contributed by atoms with Crippen LogP contribution in [0.1, 0.15) is 24.2 Å². The van der Waals surface area contributed by atoms with Crippen LogP contribution < -0.4 is 0 Å². The highest BCUT2D eigenvalue weighted by molar-refractivity contribution is 5.89. The van der Waals surface area contributed by atoms with Gasteiger partial charge in [-0.1, -0.05) is 13.8 Å². The number of aromatic nitrogens is 2. The topological polar surface area (TPSA) is 82.9 Å². The van der Waals surface area contributed by atoms with E-state index in [-0.39, 0.29) is 5.97 Å². The lowest BCUT2D eigenvalue weighted by Gasteiger charge is -2.17. The Morgan fingerprint density at radius 2 is 1.96 bits per heavy atom. The number of carbonyl (C=O) groups is 1. The lowest BCUT2D eigenvalue weighted by atomic mass is 10.2. The van der Waals surface area contributed by atoms with Crippen LogP contribution in [0, 0.1) is 0 Å². The second-order valence-electron chi connectivity index (χ2n) is 4.82. The van der Waals surface area contributed by atoms with Gasteiger partial charge in [0, 0.05) is 18.9 Å². The van der Waals surface area contributed by atoms with Gasteiger partial charge < -0.3 is 14.6 Å². The molecule has 0 saturated carbocycles. The summed E-state index contributed by atoms with van der Waals surface area (Å²) < 4.78 is 5.27. The van der Waals surface area contributed by atoms with Gasteiger partial charge in [-0.05, 0) is 37.4 Å². The molecule has 1 heterocycles. The maximum Gasteiger partial charge on any atom is 0.338 e. The van der Waals surface area contributed by atoms with Crippen molar-refractivity contribution in [3.63, 3.8) is 0 Å². The third-order valence-electron chi connectivity index (χ3n) is 3.38. The van der Waals surface area contributed by atoms with E-state index in [0.29, 0.717) is 23.8 Å². The summed E-state index contributed by atoms with van der Waals surface area (Å²) in [6.07, 6.45) is 3.28. The minimum Gasteiger partial charge on any atom is -0.461 e. The SMILES string of the molecule is CCN(CC)CCOC(=O)c1ccc(N=Nc2ncc[nH]2)cc1. The van der Waals surface area contributed by atoms with Gasteiger partial charge in [0.1, 0.15) is 6.61 Å². The van der Waals surface area contributed by atoms with Gasteiger partial charge in [0.05, 0.1) is 11.3 Å². The summed E-state index contributed by atoms with van der Waals surface area (Å²) in [5.41, 5.74) is 1.14. The van der Waals surface area contributed by atoms with E-state index in [0.717, 1.165) is 19.6 Å². The fraction of sp³-hybridized carbons (Fsp3) is 0.375. The standard InChI is InChI=1S/C16H21N5O2/c1-3-21(4-2)11-12-23-15(22)13-5-7-14(8-6-13)19-20-16-17-9-10-18-16/h5-10H,3-4,11-12H2,1-2H3,(H,17,18). The molecule has 2 aromatic rings. The zero-order valence-electron chi connectivity index (χ0n) is 13.4. The van der Waals surface area contributed by atoms with E-state index in [1.165, 1.54) is 0 Å². The second-order valence-corrected chi connectivity index (χ2v) is 4.82. The smallest absolute Gasteiger partial charge is 0.338 e. The summed E-state index contributed by atoms with van der Waals surface area (Å²) >= 11 is 0. The molecule has 7 heteroatoms. The van der Waals surface area contributed by atoms with Crippen LogP contribution in [0.5, 0.6) is 0 Å².